The molecule has 0 fully saturated rings. The first-order chi connectivity index (χ1) is 13.2. The van der Waals surface area contributed by atoms with Crippen molar-refractivity contribution in [3.05, 3.63) is 78.9 Å². The molecule has 0 radical (unpaired) electrons. The van der Waals surface area contributed by atoms with Gasteiger partial charge in [0.2, 0.25) is 0 Å². The van der Waals surface area contributed by atoms with Crippen LogP contribution in [0.15, 0.2) is 78.9 Å². The van der Waals surface area contributed by atoms with Gasteiger partial charge in [0.05, 0.1) is 7.11 Å². The second-order valence-corrected chi connectivity index (χ2v) is 6.16. The van der Waals surface area contributed by atoms with Gasteiger partial charge in [0, 0.05) is 33.5 Å². The number of aromatic nitrogens is 1. The van der Waals surface area contributed by atoms with Crippen molar-refractivity contribution < 1.29 is 9.53 Å². The van der Waals surface area contributed by atoms with E-state index >= 15 is 0 Å². The summed E-state index contributed by atoms with van der Waals surface area (Å²) in [5.41, 5.74) is 4.52. The third-order valence-electron chi connectivity index (χ3n) is 4.31. The van der Waals surface area contributed by atoms with E-state index in [-0.39, 0.29) is 6.03 Å². The average molecular weight is 357 g/mol. The van der Waals surface area contributed by atoms with E-state index < -0.39 is 0 Å². The molecule has 27 heavy (non-hydrogen) atoms. The number of fused-ring (bicyclic) bond motifs is 1. The molecule has 2 amide bonds. The smallest absolute Gasteiger partial charge is 0.323 e. The summed E-state index contributed by atoms with van der Waals surface area (Å²) in [7, 11) is 1.61. The van der Waals surface area contributed by atoms with Gasteiger partial charge in [-0.05, 0) is 48.5 Å². The first-order valence-corrected chi connectivity index (χ1v) is 8.61. The predicted octanol–water partition coefficient (Wildman–Crippen LogP) is 5.49. The highest BCUT2D eigenvalue weighted by molar-refractivity contribution is 6.00. The van der Waals surface area contributed by atoms with E-state index in [0.29, 0.717) is 5.69 Å². The van der Waals surface area contributed by atoms with Gasteiger partial charge in [-0.2, -0.15) is 0 Å². The van der Waals surface area contributed by atoms with Crippen molar-refractivity contribution in [1.29, 1.82) is 0 Å². The summed E-state index contributed by atoms with van der Waals surface area (Å²) in [5.74, 6) is 0.743. The minimum Gasteiger partial charge on any atom is -0.497 e. The maximum absolute atomic E-state index is 12.3. The van der Waals surface area contributed by atoms with E-state index in [1.54, 1.807) is 31.4 Å². The van der Waals surface area contributed by atoms with Gasteiger partial charge < -0.3 is 20.4 Å². The molecule has 4 rings (SSSR count). The van der Waals surface area contributed by atoms with Gasteiger partial charge in [-0.3, -0.25) is 0 Å². The molecule has 5 nitrogen and oxygen atoms in total. The van der Waals surface area contributed by atoms with E-state index in [1.165, 1.54) is 0 Å². The Hall–Kier alpha value is -3.73. The molecule has 0 saturated carbocycles. The highest BCUT2D eigenvalue weighted by Gasteiger charge is 2.06. The fourth-order valence-corrected chi connectivity index (χ4v) is 2.96. The Balaban J connectivity index is 1.49. The zero-order valence-corrected chi connectivity index (χ0v) is 14.8. The Morgan fingerprint density at radius 1 is 0.852 bits per heavy atom. The largest absolute Gasteiger partial charge is 0.497 e. The van der Waals surface area contributed by atoms with Crippen LogP contribution >= 0.6 is 0 Å². The van der Waals surface area contributed by atoms with Crippen LogP contribution in [0.5, 0.6) is 5.75 Å². The first-order valence-electron chi connectivity index (χ1n) is 8.61. The van der Waals surface area contributed by atoms with E-state index in [1.807, 2.05) is 42.5 Å². The summed E-state index contributed by atoms with van der Waals surface area (Å²) in [5, 5.41) is 6.83. The molecule has 4 aromatic rings. The van der Waals surface area contributed by atoms with Crippen LogP contribution in [0, 0.1) is 0 Å². The predicted molar refractivity (Wildman–Crippen MR) is 109 cm³/mol. The lowest BCUT2D eigenvalue weighted by Gasteiger charge is -2.09. The number of carbonyl (C=O) groups excluding carboxylic acids is 1. The van der Waals surface area contributed by atoms with Crippen molar-refractivity contribution in [2.24, 2.45) is 0 Å². The molecule has 3 N–H and O–H groups in total. The number of hydrogen-bond donors (Lipinski definition) is 3. The number of urea groups is 1. The van der Waals surface area contributed by atoms with Crippen LogP contribution < -0.4 is 15.4 Å². The number of aromatic amines is 1. The first kappa shape index (κ1) is 16.7. The van der Waals surface area contributed by atoms with Gasteiger partial charge in [-0.25, -0.2) is 4.79 Å². The molecule has 1 heterocycles. The highest BCUT2D eigenvalue weighted by atomic mass is 16.5. The molecule has 1 aromatic heterocycles. The van der Waals surface area contributed by atoms with Crippen molar-refractivity contribution in [2.75, 3.05) is 17.7 Å². The molecule has 3 aromatic carbocycles. The fourth-order valence-electron chi connectivity index (χ4n) is 2.96. The zero-order chi connectivity index (χ0) is 18.6. The Morgan fingerprint density at radius 3 is 2.41 bits per heavy atom. The van der Waals surface area contributed by atoms with Crippen LogP contribution in [-0.4, -0.2) is 18.1 Å². The van der Waals surface area contributed by atoms with E-state index in [9.17, 15) is 4.79 Å². The second-order valence-electron chi connectivity index (χ2n) is 6.16. The molecular weight excluding hydrogens is 338 g/mol. The number of benzene rings is 3. The molecule has 0 bridgehead atoms. The third-order valence-corrected chi connectivity index (χ3v) is 4.31. The second kappa shape index (κ2) is 7.25. The van der Waals surface area contributed by atoms with Crippen LogP contribution in [0.3, 0.4) is 0 Å². The van der Waals surface area contributed by atoms with Gasteiger partial charge in [0.25, 0.3) is 0 Å². The molecule has 0 atom stereocenters. The normalized spacial score (nSPS) is 10.6. The summed E-state index contributed by atoms with van der Waals surface area (Å²) in [6, 6.07) is 24.9. The maximum atomic E-state index is 12.3. The standard InChI is InChI=1S/C22H19N3O2/c1-27-19-11-9-17(10-12-19)23-22(26)24-18-7-4-6-15(13-18)21-14-16-5-2-3-8-20(16)25-21/h2-14,25H,1H3,(H2,23,24,26). The maximum Gasteiger partial charge on any atom is 0.323 e. The van der Waals surface area contributed by atoms with Crippen molar-refractivity contribution in [2.45, 2.75) is 0 Å². The topological polar surface area (TPSA) is 66.2 Å². The minimum absolute atomic E-state index is 0.297. The summed E-state index contributed by atoms with van der Waals surface area (Å²) < 4.78 is 5.12. The van der Waals surface area contributed by atoms with E-state index in [0.717, 1.165) is 33.6 Å². The Bertz CT molecular complexity index is 1050. The van der Waals surface area contributed by atoms with Gasteiger partial charge in [0.15, 0.2) is 0 Å². The summed E-state index contributed by atoms with van der Waals surface area (Å²) in [6.45, 7) is 0. The van der Waals surface area contributed by atoms with Crippen LogP contribution in [0.1, 0.15) is 0 Å². The van der Waals surface area contributed by atoms with Gasteiger partial charge in [-0.1, -0.05) is 30.3 Å². The van der Waals surface area contributed by atoms with Gasteiger partial charge >= 0.3 is 6.03 Å². The number of carbonyl (C=O) groups is 1. The fraction of sp³-hybridized carbons (Fsp3) is 0.0455. The Morgan fingerprint density at radius 2 is 1.63 bits per heavy atom. The highest BCUT2D eigenvalue weighted by Crippen LogP contribution is 2.26. The summed E-state index contributed by atoms with van der Waals surface area (Å²) >= 11 is 0. The monoisotopic (exact) mass is 357 g/mol. The number of rotatable bonds is 4. The van der Waals surface area contributed by atoms with Crippen LogP contribution in [0.25, 0.3) is 22.2 Å². The van der Waals surface area contributed by atoms with Crippen molar-refractivity contribution in [3.63, 3.8) is 0 Å². The molecule has 0 aliphatic carbocycles. The molecule has 0 aliphatic heterocycles. The van der Waals surface area contributed by atoms with E-state index in [4.69, 9.17) is 4.74 Å². The molecule has 0 aliphatic rings. The average Bonchev–Trinajstić information content (AvgIpc) is 3.13. The van der Waals surface area contributed by atoms with Crippen LogP contribution in [0.2, 0.25) is 0 Å². The molecular formula is C22H19N3O2. The van der Waals surface area contributed by atoms with E-state index in [2.05, 4.69) is 27.8 Å². The summed E-state index contributed by atoms with van der Waals surface area (Å²) in [4.78, 5) is 15.7. The van der Waals surface area contributed by atoms with Crippen molar-refractivity contribution in [3.8, 4) is 17.0 Å². The summed E-state index contributed by atoms with van der Waals surface area (Å²) in [6.07, 6.45) is 0. The number of anilines is 2. The van der Waals surface area contributed by atoms with Crippen LogP contribution in [0.4, 0.5) is 16.2 Å². The SMILES string of the molecule is COc1ccc(NC(=O)Nc2cccc(-c3cc4ccccc4[nH]3)c2)cc1. The van der Waals surface area contributed by atoms with Gasteiger partial charge in [-0.15, -0.1) is 0 Å². The lowest BCUT2D eigenvalue weighted by atomic mass is 10.1. The Kier molecular flexibility index (Phi) is 4.49. The number of methoxy groups -OCH3 is 1. The molecule has 0 saturated heterocycles. The quantitative estimate of drug-likeness (QED) is 0.452. The van der Waals surface area contributed by atoms with Crippen molar-refractivity contribution >= 4 is 28.3 Å². The lowest BCUT2D eigenvalue weighted by Crippen LogP contribution is -2.19. The third kappa shape index (κ3) is 3.77. The number of amides is 2. The number of para-hydroxylation sites is 1. The zero-order valence-electron chi connectivity index (χ0n) is 14.8. The molecule has 134 valence electrons. The molecule has 0 unspecified atom stereocenters. The minimum atomic E-state index is -0.297. The van der Waals surface area contributed by atoms with Crippen molar-refractivity contribution in [1.82, 2.24) is 4.98 Å². The molecule has 5 heteroatoms. The lowest BCUT2D eigenvalue weighted by molar-refractivity contribution is 0.262. The number of ether oxygens (including phenoxy) is 1. The number of nitrogens with one attached hydrogen (secondary N) is 3. The number of H-pyrrole nitrogens is 1. The van der Waals surface area contributed by atoms with Crippen LogP contribution in [-0.2, 0) is 0 Å². The molecule has 0 spiro atoms. The number of hydrogen-bond acceptors (Lipinski definition) is 2. The van der Waals surface area contributed by atoms with Gasteiger partial charge in [0.1, 0.15) is 5.75 Å². The Labute approximate surface area is 157 Å².